The molecular weight excluding hydrogens is 1660 g/mol. The first-order valence-electron chi connectivity index (χ1n) is 37.2. The Morgan fingerprint density at radius 3 is 1.88 bits per heavy atom. The van der Waals surface area contributed by atoms with E-state index in [4.69, 9.17) is 95.5 Å². The summed E-state index contributed by atoms with van der Waals surface area (Å²) in [6.45, 7) is 11.9. The van der Waals surface area contributed by atoms with Crippen molar-refractivity contribution in [2.75, 3.05) is 83.8 Å². The second-order valence-corrected chi connectivity index (χ2v) is 35.7. The van der Waals surface area contributed by atoms with E-state index in [1.807, 2.05) is 6.08 Å². The summed E-state index contributed by atoms with van der Waals surface area (Å²) in [5.41, 5.74) is 19.5. The largest absolute Gasteiger partial charge is 1.00 e. The maximum Gasteiger partial charge on any atom is 1.00 e. The highest BCUT2D eigenvalue weighted by Crippen LogP contribution is 2.66. The molecule has 20 rings (SSSR count). The number of hydrogen-bond acceptors (Lipinski definition) is 35. The van der Waals surface area contributed by atoms with E-state index in [0.29, 0.717) is 74.4 Å². The van der Waals surface area contributed by atoms with Gasteiger partial charge in [0.05, 0.1) is 89.0 Å². The van der Waals surface area contributed by atoms with Crippen LogP contribution in [0.4, 0.5) is 11.9 Å². The van der Waals surface area contributed by atoms with Crippen LogP contribution in [0.25, 0.3) is 32.5 Å². The molecule has 16 N–H and O–H groups in total. The Morgan fingerprint density at radius 2 is 1.33 bits per heavy atom. The summed E-state index contributed by atoms with van der Waals surface area (Å²) in [5.74, 6) is 1.04. The highest BCUT2D eigenvalue weighted by atomic mass is 35.5. The molecule has 117 heavy (non-hydrogen) atoms. The number of nitrogens with one attached hydrogen (secondary N) is 2. The third-order valence-electron chi connectivity index (χ3n) is 21.5. The monoisotopic (exact) mass is 1740 g/mol. The number of hydrogen-bond donors (Lipinski definition) is 13. The van der Waals surface area contributed by atoms with Crippen LogP contribution in [0, 0.1) is 38.2 Å². The molecule has 8 aromatic rings. The van der Waals surface area contributed by atoms with E-state index >= 15 is 0 Å². The first-order chi connectivity index (χ1) is 55.4. The molecule has 2 saturated carbocycles. The number of fused-ring (bicyclic) bond motifs is 8. The molecule has 42 nitrogen and oxygen atoms in total. The maximum atomic E-state index is 12.4. The van der Waals surface area contributed by atoms with Crippen molar-refractivity contribution in [1.29, 1.82) is 0 Å². The number of allylic oxidation sites excluding steroid dienone is 4. The molecule has 12 aliphatic rings. The van der Waals surface area contributed by atoms with Crippen molar-refractivity contribution in [3.05, 3.63) is 135 Å². The summed E-state index contributed by atoms with van der Waals surface area (Å²) in [4.78, 5) is 102. The number of aromatic nitrogens is 14. The molecule has 48 heteroatoms. The van der Waals surface area contributed by atoms with Crippen molar-refractivity contribution in [3.63, 3.8) is 0 Å². The number of esters is 1. The number of ketones is 1. The molecule has 16 heterocycles. The SMILES string of the molecule is C[C@]12C=CC(=O)C=C1CC[C@@H]1[C@@H]2CC[C@]2(C)OC(=O)CC[C@@H]12.NC(=O)c1csc([C@@H]2O[C@H](CO)[C@@H](O)[C@H]2O)n1.Nc1n[n+]([O-])c2ccccc2[n+]1[O-].Nc1nc(=S)c2[nH]cnc2[nH]1.O=c1n(C[C@H]2CO2)c(=O)n(C[C@@H]2CO2)c(=O)n1C[C@H]1CO1.OC[C@H]1O[C@@H](O)[C@H](O)[C@@H](O)[C@@H]1O.S=P(N1CC1)(N1CC1)N1CC1.[Cl-].[H+].c1ncc2ncsc2n1. The number of primary amides is 1. The predicted octanol–water partition coefficient (Wildman–Crippen LogP) is -5.83. The van der Waals surface area contributed by atoms with Crippen LogP contribution in [0.3, 0.4) is 0 Å². The van der Waals surface area contributed by atoms with Crippen molar-refractivity contribution >= 4 is 115 Å². The molecule has 0 unspecified atom stereocenters. The minimum absolute atomic E-state index is 0. The molecule has 1 amide bonds. The van der Waals surface area contributed by atoms with Crippen LogP contribution in [-0.4, -0.2) is 276 Å². The summed E-state index contributed by atoms with van der Waals surface area (Å²) < 4.78 is 42.4. The van der Waals surface area contributed by atoms with Gasteiger partial charge in [-0.15, -0.1) is 22.7 Å². The number of aliphatic hydroxyl groups excluding tert-OH is 8. The number of benzene rings is 1. The van der Waals surface area contributed by atoms with Crippen molar-refractivity contribution < 1.29 is 107 Å². The predicted molar refractivity (Wildman–Crippen MR) is 418 cm³/mol. The zero-order valence-electron chi connectivity index (χ0n) is 63.9. The number of ether oxygens (including phenoxy) is 6. The normalized spacial score (nSPS) is 29.9. The smallest absolute Gasteiger partial charge is 1.00 e. The average Bonchev–Trinajstić information content (AvgIpc) is 1.52. The van der Waals surface area contributed by atoms with E-state index in [1.54, 1.807) is 29.9 Å². The van der Waals surface area contributed by atoms with E-state index in [0.717, 1.165) is 67.5 Å². The number of halogens is 1. The van der Waals surface area contributed by atoms with Gasteiger partial charge in [0.1, 0.15) is 93.8 Å². The van der Waals surface area contributed by atoms with Gasteiger partial charge in [-0.3, -0.25) is 20.1 Å². The van der Waals surface area contributed by atoms with E-state index in [-0.39, 0.29) is 103 Å². The van der Waals surface area contributed by atoms with Crippen LogP contribution in [0.2, 0.25) is 0 Å². The molecule has 7 aromatic heterocycles. The van der Waals surface area contributed by atoms with Gasteiger partial charge in [0, 0.05) is 73.3 Å². The number of nitrogen functional groups attached to an aromatic ring is 2. The Bertz CT molecular complexity index is 5070. The third kappa shape index (κ3) is 20.3. The first kappa shape index (κ1) is 88.2. The molecule has 9 saturated heterocycles. The molecule has 634 valence electrons. The van der Waals surface area contributed by atoms with Crippen LogP contribution in [0.5, 0.6) is 0 Å². The quantitative estimate of drug-likeness (QED) is 0.0128. The van der Waals surface area contributed by atoms with Crippen LogP contribution in [0.1, 0.15) is 75.4 Å². The second kappa shape index (κ2) is 37.2. The highest BCUT2D eigenvalue weighted by molar-refractivity contribution is 8.11. The van der Waals surface area contributed by atoms with Gasteiger partial charge in [0.2, 0.25) is 11.0 Å². The van der Waals surface area contributed by atoms with Crippen LogP contribution < -0.4 is 56.3 Å². The molecule has 0 bridgehead atoms. The van der Waals surface area contributed by atoms with Gasteiger partial charge in [0.15, 0.2) is 27.9 Å². The number of thiazole rings is 2. The number of epoxide rings is 3. The first-order valence-corrected chi connectivity index (χ1v) is 42.0. The van der Waals surface area contributed by atoms with Gasteiger partial charge in [-0.1, -0.05) is 42.9 Å². The molecule has 11 fully saturated rings. The van der Waals surface area contributed by atoms with Crippen LogP contribution >= 0.6 is 41.4 Å². The third-order valence-corrected chi connectivity index (χ3v) is 28.9. The van der Waals surface area contributed by atoms with Gasteiger partial charge in [-0.05, 0) is 80.9 Å². The number of rotatable bonds is 13. The zero-order chi connectivity index (χ0) is 82.8. The van der Waals surface area contributed by atoms with Crippen LogP contribution in [0.15, 0.2) is 92.2 Å². The van der Waals surface area contributed by atoms with E-state index < -0.39 is 97.8 Å². The Balaban J connectivity index is 0.000000134. The molecule has 0 radical (unpaired) electrons. The fraction of sp³-hybridized carbons (Fsp3) is 0.565. The number of para-hydroxylation sites is 2. The molecule has 9 aliphatic heterocycles. The molecule has 3 aliphatic carbocycles. The average molecular weight is 1750 g/mol. The standard InChI is InChI=1S/C19H24O3.C12H15N3O6.C9H12N2O5S.C7H6N4O2.C6H12N3PS.C6H12O6.C5H5N5S.C5H3N3S.ClH/c1-18-9-7-13(20)11-12(18)3-4-14-15(18)8-10-19(2)16(14)5-6-17(21)22-19;16-10-13(1-7-4-19-7)11(17)15(3-9-6-21-9)12(18)14(10)2-8-5-20-8;10-8(15)3-2-17-9(11-3)7-6(14)5(13)4(1-12)16-7;8-7-9-11(13)6-4-2-1-3-5(6)10(7)12;11-10(7-1-2-7,8-3-4-8)9-5-6-9;7-1-2-3(8)4(9)5(10)6(11)12-2;6-5-9-3-2(4(11)10-5)7-1-8-3;1-4-5(7-2-6-1)9-3-8-4;/h7,9,11,14-16H,3-6,8,10H2,1-2H3;7-9H,1-6H2;2,4-7,12-14H,1H2,(H2,10,15);1-4H,(H2,8,9);1-6H2;2-11H,1H2;1H,(H4,6,7,8,9,10,11);1-3H;1H/t14-,15+,16+,18+,19+;7-,8-,9+;4-,5-,6-,7-;;;2-,3-,4+,5-,6-;;;/m101..1.../s1. The Morgan fingerprint density at radius 1 is 0.752 bits per heavy atom. The van der Waals surface area contributed by atoms with E-state index in [1.165, 1.54) is 86.3 Å². The summed E-state index contributed by atoms with van der Waals surface area (Å²) in [7, 11) is 0. The van der Waals surface area contributed by atoms with Gasteiger partial charge in [-0.25, -0.2) is 76.7 Å². The van der Waals surface area contributed by atoms with Crippen molar-refractivity contribution in [2.45, 2.75) is 151 Å². The lowest BCUT2D eigenvalue weighted by molar-refractivity contribution is -0.672. The summed E-state index contributed by atoms with van der Waals surface area (Å²) in [6, 6.07) is 6.31. The minimum atomic E-state index is -1.57. The number of nitrogens with two attached hydrogens (primary N) is 3. The lowest BCUT2D eigenvalue weighted by Gasteiger charge is -2.58. The van der Waals surface area contributed by atoms with Crippen molar-refractivity contribution in [2.24, 2.45) is 28.9 Å². The number of imidazole rings is 1. The summed E-state index contributed by atoms with van der Waals surface area (Å²) in [5, 5.41) is 100. The van der Waals surface area contributed by atoms with Crippen molar-refractivity contribution in [3.8, 4) is 0 Å². The molecule has 1 aromatic carbocycles. The number of aromatic amines is 2. The summed E-state index contributed by atoms with van der Waals surface area (Å²) >= 11 is 13.3. The number of amides is 1. The van der Waals surface area contributed by atoms with Gasteiger partial charge in [0.25, 0.3) is 11.4 Å². The molecule has 0 spiro atoms. The fourth-order valence-corrected chi connectivity index (χ4v) is 20.9. The van der Waals surface area contributed by atoms with Gasteiger partial charge in [-0.2, -0.15) is 0 Å². The number of aliphatic hydroxyl groups is 8. The number of carbonyl (C=O) groups excluding carboxylic acids is 3. The van der Waals surface area contributed by atoms with E-state index in [2.05, 4.69) is 83.6 Å². The fourth-order valence-electron chi connectivity index (χ4n) is 14.8. The minimum Gasteiger partial charge on any atom is -1.00 e. The summed E-state index contributed by atoms with van der Waals surface area (Å²) in [6.07, 6.45) is 4.79. The number of nitrogens with zero attached hydrogens (tertiary/aromatic N) is 15. The second-order valence-electron chi connectivity index (χ2n) is 29.4. The van der Waals surface area contributed by atoms with Gasteiger partial charge >= 0.3 is 30.4 Å². The van der Waals surface area contributed by atoms with Crippen LogP contribution in [-0.2, 0) is 69.5 Å². The Labute approximate surface area is 690 Å². The molecular formula is C69H90ClN20O22PS4. The van der Waals surface area contributed by atoms with E-state index in [9.17, 15) is 49.4 Å². The molecule has 17 atom stereocenters. The zero-order valence-corrected chi connectivity index (χ0v) is 67.8. The maximum absolute atomic E-state index is 12.4. The number of anilines is 2. The lowest BCUT2D eigenvalue weighted by Crippen LogP contribution is -3.00. The Kier molecular flexibility index (Phi) is 28.1. The van der Waals surface area contributed by atoms with Gasteiger partial charge < -0.3 is 114 Å². The lowest BCUT2D eigenvalue weighted by atomic mass is 9.49. The van der Waals surface area contributed by atoms with Crippen molar-refractivity contribution in [1.82, 2.24) is 72.7 Å². The topological polar surface area (TPSA) is 607 Å². The Hall–Kier alpha value is -8.14. The highest BCUT2D eigenvalue weighted by Gasteiger charge is 2.57. The number of carbonyl (C=O) groups is 3. The number of H-pyrrole nitrogens is 2.